The second-order valence-corrected chi connectivity index (χ2v) is 5.23. The molecule has 0 aromatic carbocycles. The first-order valence-electron chi connectivity index (χ1n) is 4.49. The molecule has 6 nitrogen and oxygen atoms in total. The van der Waals surface area contributed by atoms with Crippen molar-refractivity contribution in [3.63, 3.8) is 0 Å². The van der Waals surface area contributed by atoms with Crippen LogP contribution in [0.4, 0.5) is 0 Å². The van der Waals surface area contributed by atoms with Gasteiger partial charge in [0.05, 0.1) is 4.92 Å². The van der Waals surface area contributed by atoms with Crippen molar-refractivity contribution in [1.29, 1.82) is 0 Å². The lowest BCUT2D eigenvalue weighted by Gasteiger charge is -2.06. The molecule has 1 aromatic heterocycles. The molecule has 2 N–H and O–H groups in total. The van der Waals surface area contributed by atoms with Crippen molar-refractivity contribution in [1.82, 2.24) is 15.6 Å². The van der Waals surface area contributed by atoms with Crippen molar-refractivity contribution >= 4 is 27.3 Å². The highest BCUT2D eigenvalue weighted by Gasteiger charge is 2.01. The first-order valence-corrected chi connectivity index (χ1v) is 6.10. The van der Waals surface area contributed by atoms with Gasteiger partial charge in [-0.1, -0.05) is 0 Å². The average Bonchev–Trinajstić information content (AvgIpc) is 2.62. The van der Waals surface area contributed by atoms with Gasteiger partial charge in [0.15, 0.2) is 9.74 Å². The molecule has 0 saturated carbocycles. The lowest BCUT2D eigenvalue weighted by molar-refractivity contribution is -0.404. The predicted molar refractivity (Wildman–Crippen MR) is 65.7 cm³/mol. The Morgan fingerprint density at radius 2 is 2.56 bits per heavy atom. The molecule has 0 saturated heterocycles. The third-order valence-electron chi connectivity index (χ3n) is 1.72. The number of nitro groups is 1. The summed E-state index contributed by atoms with van der Waals surface area (Å²) in [6, 6.07) is 0. The molecule has 0 spiro atoms. The summed E-state index contributed by atoms with van der Waals surface area (Å²) >= 11 is 4.83. The maximum absolute atomic E-state index is 10.2. The summed E-state index contributed by atoms with van der Waals surface area (Å²) in [5.74, 6) is 0.397. The zero-order valence-electron chi connectivity index (χ0n) is 8.57. The van der Waals surface area contributed by atoms with Gasteiger partial charge >= 0.3 is 0 Å². The molecule has 88 valence electrons. The van der Waals surface area contributed by atoms with Gasteiger partial charge in [0, 0.05) is 31.1 Å². The Labute approximate surface area is 105 Å². The summed E-state index contributed by atoms with van der Waals surface area (Å²) in [7, 11) is 1.63. The molecule has 0 amide bonds. The molecule has 0 aliphatic carbocycles. The van der Waals surface area contributed by atoms with Gasteiger partial charge in [-0.3, -0.25) is 10.1 Å². The average molecular weight is 307 g/mol. The number of hydrogen-bond donors (Lipinski definition) is 2. The van der Waals surface area contributed by atoms with Crippen LogP contribution in [0.1, 0.15) is 4.88 Å². The molecule has 0 aliphatic heterocycles. The molecule has 0 radical (unpaired) electrons. The summed E-state index contributed by atoms with van der Waals surface area (Å²) in [4.78, 5) is 14.9. The van der Waals surface area contributed by atoms with E-state index in [1.807, 2.05) is 0 Å². The molecule has 0 atom stereocenters. The lowest BCUT2D eigenvalue weighted by Crippen LogP contribution is -2.26. The second-order valence-electron chi connectivity index (χ2n) is 2.83. The molecule has 0 bridgehead atoms. The number of nitrogens with one attached hydrogen (secondary N) is 2. The topological polar surface area (TPSA) is 80.1 Å². The third-order valence-corrected chi connectivity index (χ3v) is 3.25. The molecule has 0 aliphatic rings. The number of rotatable bonds is 6. The van der Waals surface area contributed by atoms with Gasteiger partial charge < -0.3 is 10.6 Å². The van der Waals surface area contributed by atoms with Crippen molar-refractivity contribution < 1.29 is 4.92 Å². The monoisotopic (exact) mass is 306 g/mol. The molecule has 1 heterocycles. The minimum absolute atomic E-state index is 0.397. The van der Waals surface area contributed by atoms with Crippen LogP contribution in [0.5, 0.6) is 0 Å². The Kier molecular flexibility index (Phi) is 5.20. The van der Waals surface area contributed by atoms with E-state index in [2.05, 4.69) is 31.5 Å². The van der Waals surface area contributed by atoms with Gasteiger partial charge in [0.2, 0.25) is 0 Å². The van der Waals surface area contributed by atoms with E-state index in [9.17, 15) is 10.1 Å². The number of aromatic nitrogens is 1. The van der Waals surface area contributed by atoms with E-state index in [1.165, 1.54) is 0 Å². The van der Waals surface area contributed by atoms with Crippen LogP contribution in [0, 0.1) is 10.1 Å². The first kappa shape index (κ1) is 12.9. The van der Waals surface area contributed by atoms with Crippen LogP contribution < -0.4 is 10.6 Å². The van der Waals surface area contributed by atoms with Crippen molar-refractivity contribution in [3.05, 3.63) is 37.1 Å². The fourth-order valence-electron chi connectivity index (χ4n) is 1.02. The Hall–Kier alpha value is -1.15. The van der Waals surface area contributed by atoms with Crippen molar-refractivity contribution in [2.45, 2.75) is 6.42 Å². The maximum atomic E-state index is 10.2. The SMILES string of the molecule is CN/C(=C\[N+](=O)[O-])NCCc1cnc(Br)s1. The highest BCUT2D eigenvalue weighted by Crippen LogP contribution is 2.18. The summed E-state index contributed by atoms with van der Waals surface area (Å²) in [5.41, 5.74) is 0. The van der Waals surface area contributed by atoms with E-state index in [0.717, 1.165) is 21.4 Å². The van der Waals surface area contributed by atoms with Crippen molar-refractivity contribution in [2.24, 2.45) is 0 Å². The van der Waals surface area contributed by atoms with Crippen LogP contribution in [0.25, 0.3) is 0 Å². The molecule has 0 unspecified atom stereocenters. The Balaban J connectivity index is 2.37. The van der Waals surface area contributed by atoms with Crippen LogP contribution in [-0.4, -0.2) is 23.5 Å². The fourth-order valence-corrected chi connectivity index (χ4v) is 2.38. The van der Waals surface area contributed by atoms with Crippen molar-refractivity contribution in [2.75, 3.05) is 13.6 Å². The van der Waals surface area contributed by atoms with Gasteiger partial charge in [-0.05, 0) is 15.9 Å². The molecule has 1 rings (SSSR count). The van der Waals surface area contributed by atoms with Crippen molar-refractivity contribution in [3.8, 4) is 0 Å². The normalized spacial score (nSPS) is 11.2. The van der Waals surface area contributed by atoms with Crippen LogP contribution in [0.15, 0.2) is 22.1 Å². The number of hydrogen-bond acceptors (Lipinski definition) is 6. The summed E-state index contributed by atoms with van der Waals surface area (Å²) < 4.78 is 0.845. The van der Waals surface area contributed by atoms with Crippen LogP contribution in [-0.2, 0) is 6.42 Å². The van der Waals surface area contributed by atoms with E-state index in [0.29, 0.717) is 12.4 Å². The quantitative estimate of drug-likeness (QED) is 0.612. The standard InChI is InChI=1S/C8H11BrN4O2S/c1-10-7(5-13(14)15)11-3-2-6-4-12-8(9)16-6/h4-5,10-11H,2-3H2,1H3/b7-5+. The Bertz CT molecular complexity index is 393. The zero-order valence-corrected chi connectivity index (χ0v) is 11.0. The zero-order chi connectivity index (χ0) is 12.0. The fraction of sp³-hybridized carbons (Fsp3) is 0.375. The highest BCUT2D eigenvalue weighted by atomic mass is 79.9. The molecule has 0 fully saturated rings. The Morgan fingerprint density at radius 3 is 3.06 bits per heavy atom. The van der Waals surface area contributed by atoms with E-state index in [-0.39, 0.29) is 0 Å². The van der Waals surface area contributed by atoms with Crippen LogP contribution in [0.2, 0.25) is 0 Å². The van der Waals surface area contributed by atoms with Gasteiger partial charge in [0.25, 0.3) is 6.20 Å². The maximum Gasteiger partial charge on any atom is 0.274 e. The van der Waals surface area contributed by atoms with Gasteiger partial charge in [-0.2, -0.15) is 0 Å². The Morgan fingerprint density at radius 1 is 1.81 bits per heavy atom. The number of nitrogens with zero attached hydrogens (tertiary/aromatic N) is 2. The second kappa shape index (κ2) is 6.44. The number of halogens is 1. The third kappa shape index (κ3) is 4.58. The lowest BCUT2D eigenvalue weighted by atomic mass is 10.4. The summed E-state index contributed by atoms with van der Waals surface area (Å²) in [6.07, 6.45) is 3.47. The molecular formula is C8H11BrN4O2S. The minimum Gasteiger partial charge on any atom is -0.370 e. The van der Waals surface area contributed by atoms with E-state index < -0.39 is 4.92 Å². The van der Waals surface area contributed by atoms with Gasteiger partial charge in [-0.25, -0.2) is 4.98 Å². The molecule has 16 heavy (non-hydrogen) atoms. The predicted octanol–water partition coefficient (Wildman–Crippen LogP) is 1.33. The smallest absolute Gasteiger partial charge is 0.274 e. The van der Waals surface area contributed by atoms with Crippen LogP contribution >= 0.6 is 27.3 Å². The van der Waals surface area contributed by atoms with E-state index >= 15 is 0 Å². The van der Waals surface area contributed by atoms with Crippen LogP contribution in [0.3, 0.4) is 0 Å². The summed E-state index contributed by atoms with van der Waals surface area (Å²) in [5, 5.41) is 15.9. The molecule has 8 heteroatoms. The highest BCUT2D eigenvalue weighted by molar-refractivity contribution is 9.11. The largest absolute Gasteiger partial charge is 0.370 e. The van der Waals surface area contributed by atoms with E-state index in [4.69, 9.17) is 0 Å². The first-order chi connectivity index (χ1) is 7.61. The van der Waals surface area contributed by atoms with Gasteiger partial charge in [0.1, 0.15) is 0 Å². The van der Waals surface area contributed by atoms with E-state index in [1.54, 1.807) is 24.6 Å². The number of thiazole rings is 1. The minimum atomic E-state index is -0.498. The summed E-state index contributed by atoms with van der Waals surface area (Å²) in [6.45, 7) is 0.620. The molecule has 1 aromatic rings. The molecular weight excluding hydrogens is 296 g/mol. The van der Waals surface area contributed by atoms with Gasteiger partial charge in [-0.15, -0.1) is 11.3 Å².